The maximum absolute atomic E-state index is 12.1. The Kier molecular flexibility index (Phi) is 4.88. The topological polar surface area (TPSA) is 71.1 Å². The predicted molar refractivity (Wildman–Crippen MR) is 95.9 cm³/mol. The summed E-state index contributed by atoms with van der Waals surface area (Å²) in [6.07, 6.45) is 1.62. The highest BCUT2D eigenvalue weighted by atomic mass is 35.5. The van der Waals surface area contributed by atoms with Crippen molar-refractivity contribution in [2.45, 2.75) is 0 Å². The second-order valence-corrected chi connectivity index (χ2v) is 6.16. The summed E-state index contributed by atoms with van der Waals surface area (Å²) in [6.45, 7) is 0. The largest absolute Gasteiger partial charge is 0.322 e. The molecule has 1 aromatic heterocycles. The van der Waals surface area contributed by atoms with E-state index in [1.165, 1.54) is 11.3 Å². The lowest BCUT2D eigenvalue weighted by atomic mass is 10.1. The number of halogens is 1. The molecule has 0 unspecified atom stereocenters. The van der Waals surface area contributed by atoms with Crippen LogP contribution in [-0.2, 0) is 0 Å². The van der Waals surface area contributed by atoms with Gasteiger partial charge in [-0.1, -0.05) is 11.6 Å². The molecule has 1 heterocycles. The molecule has 120 valence electrons. The van der Waals surface area contributed by atoms with Gasteiger partial charge in [-0.2, -0.15) is 0 Å². The van der Waals surface area contributed by atoms with Crippen LogP contribution in [0.15, 0.2) is 60.1 Å². The summed E-state index contributed by atoms with van der Waals surface area (Å²) in [5, 5.41) is 8.36. The molecule has 0 aliphatic heterocycles. The first-order valence-electron chi connectivity index (χ1n) is 6.99. The summed E-state index contributed by atoms with van der Waals surface area (Å²) in [5.74, 6) is -0.493. The molecule has 0 saturated carbocycles. The van der Waals surface area contributed by atoms with E-state index in [9.17, 15) is 9.59 Å². The molecule has 2 N–H and O–H groups in total. The van der Waals surface area contributed by atoms with Crippen molar-refractivity contribution in [2.24, 2.45) is 0 Å². The number of amides is 2. The van der Waals surface area contributed by atoms with E-state index >= 15 is 0 Å². The van der Waals surface area contributed by atoms with Crippen LogP contribution >= 0.6 is 22.9 Å². The molecule has 7 heteroatoms. The normalized spacial score (nSPS) is 10.2. The van der Waals surface area contributed by atoms with Gasteiger partial charge in [0.15, 0.2) is 5.13 Å². The molecule has 0 aliphatic carbocycles. The van der Waals surface area contributed by atoms with Crippen LogP contribution in [-0.4, -0.2) is 16.8 Å². The van der Waals surface area contributed by atoms with Gasteiger partial charge in [-0.05, 0) is 48.5 Å². The molecule has 5 nitrogen and oxygen atoms in total. The summed E-state index contributed by atoms with van der Waals surface area (Å²) >= 11 is 7.15. The zero-order valence-electron chi connectivity index (χ0n) is 12.3. The third kappa shape index (κ3) is 3.98. The second kappa shape index (κ2) is 7.25. The number of benzene rings is 2. The Morgan fingerprint density at radius 3 is 2.04 bits per heavy atom. The van der Waals surface area contributed by atoms with Crippen molar-refractivity contribution < 1.29 is 9.59 Å². The first kappa shape index (κ1) is 16.2. The molecule has 0 radical (unpaired) electrons. The lowest BCUT2D eigenvalue weighted by molar-refractivity contribution is 0.102. The number of hydrogen-bond acceptors (Lipinski definition) is 4. The van der Waals surface area contributed by atoms with Gasteiger partial charge in [-0.3, -0.25) is 14.9 Å². The summed E-state index contributed by atoms with van der Waals surface area (Å²) in [4.78, 5) is 28.2. The lowest BCUT2D eigenvalue weighted by Crippen LogP contribution is -2.13. The van der Waals surface area contributed by atoms with Crippen molar-refractivity contribution in [3.63, 3.8) is 0 Å². The number of nitrogens with zero attached hydrogens (tertiary/aromatic N) is 1. The van der Waals surface area contributed by atoms with Gasteiger partial charge in [0.25, 0.3) is 11.8 Å². The van der Waals surface area contributed by atoms with Crippen molar-refractivity contribution in [3.05, 3.63) is 76.3 Å². The number of carbonyl (C=O) groups is 2. The van der Waals surface area contributed by atoms with Gasteiger partial charge in [-0.15, -0.1) is 11.3 Å². The quantitative estimate of drug-likeness (QED) is 0.731. The highest BCUT2D eigenvalue weighted by Crippen LogP contribution is 2.16. The minimum Gasteiger partial charge on any atom is -0.322 e. The van der Waals surface area contributed by atoms with Crippen LogP contribution in [0.4, 0.5) is 10.8 Å². The Morgan fingerprint density at radius 2 is 1.46 bits per heavy atom. The molecule has 24 heavy (non-hydrogen) atoms. The molecular formula is C17H12ClN3O2S. The maximum Gasteiger partial charge on any atom is 0.257 e. The van der Waals surface area contributed by atoms with E-state index in [0.717, 1.165) is 0 Å². The first-order valence-corrected chi connectivity index (χ1v) is 8.25. The fourth-order valence-electron chi connectivity index (χ4n) is 1.96. The number of aromatic nitrogens is 1. The monoisotopic (exact) mass is 357 g/mol. The highest BCUT2D eigenvalue weighted by Gasteiger charge is 2.09. The zero-order chi connectivity index (χ0) is 16.9. The Bertz CT molecular complexity index is 847. The Hall–Kier alpha value is -2.70. The van der Waals surface area contributed by atoms with E-state index in [1.54, 1.807) is 60.1 Å². The molecule has 0 bridgehead atoms. The van der Waals surface area contributed by atoms with Crippen molar-refractivity contribution in [2.75, 3.05) is 10.6 Å². The average Bonchev–Trinajstić information content (AvgIpc) is 3.09. The number of hydrogen-bond donors (Lipinski definition) is 2. The van der Waals surface area contributed by atoms with E-state index in [-0.39, 0.29) is 11.8 Å². The Balaban J connectivity index is 1.64. The van der Waals surface area contributed by atoms with Gasteiger partial charge >= 0.3 is 0 Å². The summed E-state index contributed by atoms with van der Waals surface area (Å²) in [6, 6.07) is 13.2. The summed E-state index contributed by atoms with van der Waals surface area (Å²) in [5.41, 5.74) is 1.58. The van der Waals surface area contributed by atoms with Crippen LogP contribution in [0.2, 0.25) is 5.02 Å². The minimum atomic E-state index is -0.250. The van der Waals surface area contributed by atoms with Gasteiger partial charge in [0.05, 0.1) is 0 Å². The molecule has 0 fully saturated rings. The van der Waals surface area contributed by atoms with Gasteiger partial charge in [0.2, 0.25) is 0 Å². The third-order valence-corrected chi connectivity index (χ3v) is 4.10. The van der Waals surface area contributed by atoms with Crippen LogP contribution in [0.25, 0.3) is 0 Å². The molecule has 2 amide bonds. The zero-order valence-corrected chi connectivity index (χ0v) is 13.9. The lowest BCUT2D eigenvalue weighted by Gasteiger charge is -2.07. The van der Waals surface area contributed by atoms with E-state index in [4.69, 9.17) is 11.6 Å². The predicted octanol–water partition coefficient (Wildman–Crippen LogP) is 4.30. The average molecular weight is 358 g/mol. The molecule has 2 aromatic carbocycles. The maximum atomic E-state index is 12.1. The smallest absolute Gasteiger partial charge is 0.257 e. The molecule has 0 aliphatic rings. The third-order valence-electron chi connectivity index (χ3n) is 3.16. The van der Waals surface area contributed by atoms with Gasteiger partial charge in [-0.25, -0.2) is 4.98 Å². The van der Waals surface area contributed by atoms with Crippen LogP contribution in [0.1, 0.15) is 20.7 Å². The number of thiazole rings is 1. The van der Waals surface area contributed by atoms with Crippen LogP contribution in [0.3, 0.4) is 0 Å². The van der Waals surface area contributed by atoms with E-state index in [0.29, 0.717) is 27.0 Å². The van der Waals surface area contributed by atoms with Crippen molar-refractivity contribution in [3.8, 4) is 0 Å². The number of carbonyl (C=O) groups excluding carboxylic acids is 2. The molecule has 0 spiro atoms. The molecule has 0 atom stereocenters. The fraction of sp³-hybridized carbons (Fsp3) is 0. The van der Waals surface area contributed by atoms with Crippen LogP contribution < -0.4 is 10.6 Å². The Labute approximate surface area is 147 Å². The van der Waals surface area contributed by atoms with E-state index < -0.39 is 0 Å². The molecule has 3 aromatic rings. The van der Waals surface area contributed by atoms with Gasteiger partial charge in [0, 0.05) is 33.4 Å². The standard InChI is InChI=1S/C17H12ClN3O2S/c18-13-5-1-11(2-6-13)15(22)20-14-7-3-12(4-8-14)16(23)21-17-19-9-10-24-17/h1-10H,(H,20,22)(H,19,21,23). The fourth-order valence-corrected chi connectivity index (χ4v) is 2.61. The van der Waals surface area contributed by atoms with Gasteiger partial charge in [0.1, 0.15) is 0 Å². The summed E-state index contributed by atoms with van der Waals surface area (Å²) < 4.78 is 0. The number of anilines is 2. The SMILES string of the molecule is O=C(Nc1ccc(C(=O)Nc2nccs2)cc1)c1ccc(Cl)cc1. The highest BCUT2D eigenvalue weighted by molar-refractivity contribution is 7.13. The minimum absolute atomic E-state index is 0.244. The molecule has 3 rings (SSSR count). The number of nitrogens with one attached hydrogen (secondary N) is 2. The van der Waals surface area contributed by atoms with Gasteiger partial charge < -0.3 is 5.32 Å². The molecule has 0 saturated heterocycles. The van der Waals surface area contributed by atoms with Crippen molar-refractivity contribution >= 4 is 45.6 Å². The van der Waals surface area contributed by atoms with Crippen LogP contribution in [0.5, 0.6) is 0 Å². The van der Waals surface area contributed by atoms with E-state index in [1.807, 2.05) is 0 Å². The second-order valence-electron chi connectivity index (χ2n) is 4.83. The number of rotatable bonds is 4. The Morgan fingerprint density at radius 1 is 0.875 bits per heavy atom. The van der Waals surface area contributed by atoms with Crippen LogP contribution in [0, 0.1) is 0 Å². The molecular weight excluding hydrogens is 346 g/mol. The van der Waals surface area contributed by atoms with Crippen molar-refractivity contribution in [1.82, 2.24) is 4.98 Å². The van der Waals surface area contributed by atoms with E-state index in [2.05, 4.69) is 15.6 Å². The van der Waals surface area contributed by atoms with Crippen molar-refractivity contribution in [1.29, 1.82) is 0 Å². The summed E-state index contributed by atoms with van der Waals surface area (Å²) in [7, 11) is 0. The first-order chi connectivity index (χ1) is 11.6.